The summed E-state index contributed by atoms with van der Waals surface area (Å²) in [5.74, 6) is 0.621. The van der Waals surface area contributed by atoms with E-state index in [2.05, 4.69) is 23.1 Å². The lowest BCUT2D eigenvalue weighted by Crippen LogP contribution is -2.01. The number of nitrogens with two attached hydrogens (primary N) is 1. The van der Waals surface area contributed by atoms with Crippen LogP contribution >= 0.6 is 0 Å². The van der Waals surface area contributed by atoms with Crippen LogP contribution in [0.1, 0.15) is 17.7 Å². The van der Waals surface area contributed by atoms with E-state index >= 15 is 0 Å². The van der Waals surface area contributed by atoms with E-state index in [0.717, 1.165) is 23.4 Å². The van der Waals surface area contributed by atoms with Crippen molar-refractivity contribution in [1.29, 1.82) is 0 Å². The smallest absolute Gasteiger partial charge is 0.127 e. The number of aliphatic imine (C=N–C) groups is 1. The second-order valence-electron chi connectivity index (χ2n) is 4.76. The Morgan fingerprint density at radius 3 is 2.80 bits per heavy atom. The number of aromatic nitrogens is 2. The average molecular weight is 264 g/mol. The SMILES string of the molecule is Cc1ccc(-n2nc(C3=CCC=CN=C3)cc2N)cc1. The highest BCUT2D eigenvalue weighted by atomic mass is 15.3. The third kappa shape index (κ3) is 2.40. The van der Waals surface area contributed by atoms with E-state index in [1.54, 1.807) is 10.9 Å². The van der Waals surface area contributed by atoms with Crippen molar-refractivity contribution in [2.75, 3.05) is 5.73 Å². The van der Waals surface area contributed by atoms with Crippen LogP contribution in [0.15, 0.2) is 53.7 Å². The molecule has 100 valence electrons. The maximum absolute atomic E-state index is 6.07. The van der Waals surface area contributed by atoms with Crippen LogP contribution in [-0.4, -0.2) is 16.0 Å². The zero-order chi connectivity index (χ0) is 13.9. The Kier molecular flexibility index (Phi) is 3.21. The summed E-state index contributed by atoms with van der Waals surface area (Å²) in [6.45, 7) is 2.06. The van der Waals surface area contributed by atoms with Crippen LogP contribution in [0.4, 0.5) is 5.82 Å². The standard InChI is InChI=1S/C16H16N4/c1-12-5-7-14(8-6-12)20-16(17)10-15(19-20)13-4-2-3-9-18-11-13/h3-11H,2,17H2,1H3. The lowest BCUT2D eigenvalue weighted by atomic mass is 10.2. The van der Waals surface area contributed by atoms with Gasteiger partial charge in [-0.2, -0.15) is 5.10 Å². The molecule has 2 aromatic rings. The lowest BCUT2D eigenvalue weighted by molar-refractivity contribution is 0.884. The van der Waals surface area contributed by atoms with Crippen molar-refractivity contribution in [3.05, 3.63) is 59.9 Å². The summed E-state index contributed by atoms with van der Waals surface area (Å²) in [5, 5.41) is 4.58. The van der Waals surface area contributed by atoms with Gasteiger partial charge in [0.15, 0.2) is 0 Å². The number of rotatable bonds is 2. The molecule has 2 heterocycles. The molecule has 0 spiro atoms. The first-order valence-electron chi connectivity index (χ1n) is 6.55. The first-order valence-corrected chi connectivity index (χ1v) is 6.55. The maximum atomic E-state index is 6.07. The Hall–Kier alpha value is -2.62. The molecular weight excluding hydrogens is 248 g/mol. The van der Waals surface area contributed by atoms with Crippen molar-refractivity contribution in [2.24, 2.45) is 4.99 Å². The molecule has 20 heavy (non-hydrogen) atoms. The molecule has 1 aromatic heterocycles. The molecule has 0 amide bonds. The molecule has 2 N–H and O–H groups in total. The highest BCUT2D eigenvalue weighted by molar-refractivity contribution is 6.09. The van der Waals surface area contributed by atoms with Crippen LogP contribution in [0.5, 0.6) is 0 Å². The molecule has 0 saturated heterocycles. The molecule has 1 aliphatic rings. The molecule has 0 saturated carbocycles. The summed E-state index contributed by atoms with van der Waals surface area (Å²) < 4.78 is 1.75. The summed E-state index contributed by atoms with van der Waals surface area (Å²) in [6, 6.07) is 10.0. The number of aryl methyl sites for hydroxylation is 1. The third-order valence-corrected chi connectivity index (χ3v) is 3.19. The van der Waals surface area contributed by atoms with Gasteiger partial charge in [0, 0.05) is 24.1 Å². The van der Waals surface area contributed by atoms with E-state index in [4.69, 9.17) is 5.73 Å². The lowest BCUT2D eigenvalue weighted by Gasteiger charge is -2.03. The Morgan fingerprint density at radius 2 is 2.00 bits per heavy atom. The maximum Gasteiger partial charge on any atom is 0.127 e. The van der Waals surface area contributed by atoms with Gasteiger partial charge >= 0.3 is 0 Å². The van der Waals surface area contributed by atoms with Crippen molar-refractivity contribution >= 4 is 17.6 Å². The summed E-state index contributed by atoms with van der Waals surface area (Å²) in [4.78, 5) is 4.19. The molecule has 3 rings (SSSR count). The Bertz CT molecular complexity index is 703. The van der Waals surface area contributed by atoms with E-state index in [-0.39, 0.29) is 0 Å². The van der Waals surface area contributed by atoms with Crippen molar-refractivity contribution in [3.8, 4) is 5.69 Å². The van der Waals surface area contributed by atoms with Crippen LogP contribution in [0.25, 0.3) is 11.3 Å². The van der Waals surface area contributed by atoms with Gasteiger partial charge in [0.25, 0.3) is 0 Å². The largest absolute Gasteiger partial charge is 0.384 e. The zero-order valence-corrected chi connectivity index (χ0v) is 11.3. The molecule has 1 aliphatic heterocycles. The van der Waals surface area contributed by atoms with Gasteiger partial charge in [-0.3, -0.25) is 4.99 Å². The first-order chi connectivity index (χ1) is 9.74. The predicted molar refractivity (Wildman–Crippen MR) is 82.9 cm³/mol. The normalized spacial score (nSPS) is 14.2. The molecule has 0 aliphatic carbocycles. The highest BCUT2D eigenvalue weighted by Crippen LogP contribution is 2.20. The second kappa shape index (κ2) is 5.17. The number of anilines is 1. The topological polar surface area (TPSA) is 56.2 Å². The summed E-state index contributed by atoms with van der Waals surface area (Å²) >= 11 is 0. The summed E-state index contributed by atoms with van der Waals surface area (Å²) in [6.07, 6.45) is 8.55. The summed E-state index contributed by atoms with van der Waals surface area (Å²) in [5.41, 5.74) is 10.1. The number of nitrogens with zero attached hydrogens (tertiary/aromatic N) is 3. The number of nitrogen functional groups attached to an aromatic ring is 1. The Balaban J connectivity index is 1.99. The van der Waals surface area contributed by atoms with E-state index in [9.17, 15) is 0 Å². The predicted octanol–water partition coefficient (Wildman–Crippen LogP) is 3.13. The Morgan fingerprint density at radius 1 is 1.20 bits per heavy atom. The van der Waals surface area contributed by atoms with Crippen molar-refractivity contribution in [2.45, 2.75) is 13.3 Å². The number of allylic oxidation sites excluding steroid dienone is 3. The van der Waals surface area contributed by atoms with Gasteiger partial charge in [0.2, 0.25) is 0 Å². The molecule has 4 nitrogen and oxygen atoms in total. The van der Waals surface area contributed by atoms with Crippen LogP contribution in [0, 0.1) is 6.92 Å². The first kappa shape index (κ1) is 12.4. The van der Waals surface area contributed by atoms with Gasteiger partial charge < -0.3 is 5.73 Å². The highest BCUT2D eigenvalue weighted by Gasteiger charge is 2.10. The fourth-order valence-electron chi connectivity index (χ4n) is 2.09. The molecule has 4 heteroatoms. The molecule has 1 aromatic carbocycles. The molecule has 0 unspecified atom stereocenters. The van der Waals surface area contributed by atoms with Gasteiger partial charge in [-0.05, 0) is 25.5 Å². The Labute approximate surface area is 118 Å². The fourth-order valence-corrected chi connectivity index (χ4v) is 2.09. The van der Waals surface area contributed by atoms with Crippen LogP contribution < -0.4 is 5.73 Å². The van der Waals surface area contributed by atoms with Crippen LogP contribution in [-0.2, 0) is 0 Å². The second-order valence-corrected chi connectivity index (χ2v) is 4.76. The number of benzene rings is 1. The van der Waals surface area contributed by atoms with Crippen molar-refractivity contribution in [1.82, 2.24) is 9.78 Å². The molecule has 0 radical (unpaired) electrons. The molecular formula is C16H16N4. The average Bonchev–Trinajstić information content (AvgIpc) is 2.66. The van der Waals surface area contributed by atoms with E-state index in [0.29, 0.717) is 5.82 Å². The van der Waals surface area contributed by atoms with E-state index in [1.165, 1.54) is 5.56 Å². The minimum absolute atomic E-state index is 0.621. The molecule has 0 bridgehead atoms. The fraction of sp³-hybridized carbons (Fsp3) is 0.125. The van der Waals surface area contributed by atoms with Gasteiger partial charge in [0.05, 0.1) is 11.4 Å². The zero-order valence-electron chi connectivity index (χ0n) is 11.3. The molecule has 0 atom stereocenters. The van der Waals surface area contributed by atoms with Gasteiger partial charge in [-0.25, -0.2) is 4.68 Å². The quantitative estimate of drug-likeness (QED) is 0.906. The van der Waals surface area contributed by atoms with E-state index in [1.807, 2.05) is 42.6 Å². The van der Waals surface area contributed by atoms with Crippen molar-refractivity contribution in [3.63, 3.8) is 0 Å². The van der Waals surface area contributed by atoms with E-state index < -0.39 is 0 Å². The van der Waals surface area contributed by atoms with Gasteiger partial charge in [0.1, 0.15) is 5.82 Å². The van der Waals surface area contributed by atoms with Crippen LogP contribution in [0.2, 0.25) is 0 Å². The number of hydrogen-bond acceptors (Lipinski definition) is 3. The third-order valence-electron chi connectivity index (χ3n) is 3.19. The minimum Gasteiger partial charge on any atom is -0.384 e. The monoisotopic (exact) mass is 264 g/mol. The summed E-state index contributed by atoms with van der Waals surface area (Å²) in [7, 11) is 0. The van der Waals surface area contributed by atoms with Crippen molar-refractivity contribution < 1.29 is 0 Å². The van der Waals surface area contributed by atoms with Crippen LogP contribution in [0.3, 0.4) is 0 Å². The van der Waals surface area contributed by atoms with Gasteiger partial charge in [-0.1, -0.05) is 29.8 Å². The minimum atomic E-state index is 0.621. The number of hydrogen-bond donors (Lipinski definition) is 1. The molecule has 0 fully saturated rings. The van der Waals surface area contributed by atoms with Gasteiger partial charge in [-0.15, -0.1) is 0 Å².